The van der Waals surface area contributed by atoms with Gasteiger partial charge in [-0.3, -0.25) is 4.79 Å². The summed E-state index contributed by atoms with van der Waals surface area (Å²) in [6.07, 6.45) is 0. The smallest absolute Gasteiger partial charge is 0.325 e. The Balaban J connectivity index is 2.48. The number of hydrogen-bond acceptors (Lipinski definition) is 3. The molecular weight excluding hydrogens is 253 g/mol. The first-order valence-electron chi connectivity index (χ1n) is 4.41. The normalized spacial score (nSPS) is 10.7. The van der Waals surface area contributed by atoms with Crippen LogP contribution in [0.4, 0.5) is 18.9 Å². The molecule has 1 aromatic carbocycles. The van der Waals surface area contributed by atoms with Crippen LogP contribution in [-0.2, 0) is 4.79 Å². The van der Waals surface area contributed by atoms with E-state index in [1.165, 1.54) is 24.3 Å². The van der Waals surface area contributed by atoms with Crippen molar-refractivity contribution in [3.05, 3.63) is 29.8 Å². The molecule has 90 valence electrons. The molecule has 3 nitrogen and oxygen atoms in total. The molecule has 0 atom stereocenters. The minimum absolute atomic E-state index is 0.358. The lowest BCUT2D eigenvalue weighted by molar-refractivity contribution is -0.114. The number of halogens is 3. The van der Waals surface area contributed by atoms with Gasteiger partial charge in [0.25, 0.3) is 0 Å². The zero-order valence-corrected chi connectivity index (χ0v) is 9.23. The molecule has 0 bridgehead atoms. The summed E-state index contributed by atoms with van der Waals surface area (Å²) in [7, 11) is 0. The van der Waals surface area contributed by atoms with Gasteiger partial charge in [0, 0.05) is 5.69 Å². The van der Waals surface area contributed by atoms with Crippen molar-refractivity contribution in [1.29, 1.82) is 5.26 Å². The highest BCUT2D eigenvalue weighted by Gasteiger charge is 2.29. The molecule has 1 N–H and O–H groups in total. The largest absolute Gasteiger partial charge is 0.442 e. The number of hydrogen-bond donors (Lipinski definition) is 1. The van der Waals surface area contributed by atoms with E-state index >= 15 is 0 Å². The van der Waals surface area contributed by atoms with E-state index in [1.54, 1.807) is 0 Å². The van der Waals surface area contributed by atoms with Crippen molar-refractivity contribution in [3.63, 3.8) is 0 Å². The van der Waals surface area contributed by atoms with Crippen molar-refractivity contribution >= 4 is 23.4 Å². The Kier molecular flexibility index (Phi) is 4.40. The Morgan fingerprint density at radius 3 is 2.41 bits per heavy atom. The van der Waals surface area contributed by atoms with E-state index in [2.05, 4.69) is 5.32 Å². The molecule has 1 aromatic rings. The van der Waals surface area contributed by atoms with Crippen LogP contribution in [0.25, 0.3) is 0 Å². The van der Waals surface area contributed by atoms with Crippen LogP contribution >= 0.6 is 11.8 Å². The Labute approximate surface area is 99.6 Å². The van der Waals surface area contributed by atoms with Gasteiger partial charge in [-0.25, -0.2) is 0 Å². The molecule has 0 aliphatic carbocycles. The van der Waals surface area contributed by atoms with Gasteiger partial charge in [0.05, 0.1) is 17.4 Å². The van der Waals surface area contributed by atoms with Gasteiger partial charge < -0.3 is 5.32 Å². The maximum Gasteiger partial charge on any atom is 0.442 e. The van der Waals surface area contributed by atoms with E-state index in [4.69, 9.17) is 5.26 Å². The van der Waals surface area contributed by atoms with Gasteiger partial charge >= 0.3 is 5.51 Å². The van der Waals surface area contributed by atoms with Gasteiger partial charge in [0.15, 0.2) is 0 Å². The fourth-order valence-corrected chi connectivity index (χ4v) is 1.34. The predicted molar refractivity (Wildman–Crippen MR) is 58.3 cm³/mol. The summed E-state index contributed by atoms with van der Waals surface area (Å²) in [6.45, 7) is 0. The molecule has 0 aliphatic rings. The van der Waals surface area contributed by atoms with E-state index in [0.29, 0.717) is 11.3 Å². The van der Waals surface area contributed by atoms with Crippen LogP contribution in [0.5, 0.6) is 0 Å². The van der Waals surface area contributed by atoms with Crippen LogP contribution in [-0.4, -0.2) is 17.2 Å². The summed E-state index contributed by atoms with van der Waals surface area (Å²) in [6, 6.07) is 7.72. The highest BCUT2D eigenvalue weighted by Crippen LogP contribution is 2.29. The number of rotatable bonds is 3. The minimum atomic E-state index is -4.41. The molecule has 0 unspecified atom stereocenters. The van der Waals surface area contributed by atoms with Crippen molar-refractivity contribution in [2.45, 2.75) is 5.51 Å². The van der Waals surface area contributed by atoms with Gasteiger partial charge in [-0.2, -0.15) is 18.4 Å². The zero-order chi connectivity index (χ0) is 12.9. The van der Waals surface area contributed by atoms with E-state index in [1.807, 2.05) is 6.07 Å². The number of carbonyl (C=O) groups is 1. The molecule has 1 rings (SSSR count). The second-order valence-corrected chi connectivity index (χ2v) is 4.01. The number of thioether (sulfide) groups is 1. The van der Waals surface area contributed by atoms with E-state index < -0.39 is 28.9 Å². The van der Waals surface area contributed by atoms with Gasteiger partial charge in [-0.1, -0.05) is 0 Å². The summed E-state index contributed by atoms with van der Waals surface area (Å²) < 4.78 is 35.4. The second-order valence-electron chi connectivity index (χ2n) is 2.97. The summed E-state index contributed by atoms with van der Waals surface area (Å²) in [5.41, 5.74) is -3.65. The molecule has 17 heavy (non-hydrogen) atoms. The number of anilines is 1. The molecule has 7 heteroatoms. The van der Waals surface area contributed by atoms with E-state index in [-0.39, 0.29) is 0 Å². The lowest BCUT2D eigenvalue weighted by Gasteiger charge is -2.06. The lowest BCUT2D eigenvalue weighted by Crippen LogP contribution is -2.17. The first-order valence-corrected chi connectivity index (χ1v) is 5.40. The van der Waals surface area contributed by atoms with Gasteiger partial charge in [-0.05, 0) is 36.0 Å². The summed E-state index contributed by atoms with van der Waals surface area (Å²) in [4.78, 5) is 11.1. The predicted octanol–water partition coefficient (Wildman–Crippen LogP) is 2.75. The first kappa shape index (κ1) is 13.4. The molecule has 0 heterocycles. The van der Waals surface area contributed by atoms with Crippen molar-refractivity contribution in [2.24, 2.45) is 0 Å². The molecule has 0 aliphatic heterocycles. The van der Waals surface area contributed by atoms with Crippen molar-refractivity contribution in [1.82, 2.24) is 0 Å². The Bertz CT molecular complexity index is 436. The van der Waals surface area contributed by atoms with E-state index in [0.717, 1.165) is 0 Å². The number of carbonyl (C=O) groups excluding carboxylic acids is 1. The third-order valence-corrected chi connectivity index (χ3v) is 2.40. The van der Waals surface area contributed by atoms with Crippen molar-refractivity contribution < 1.29 is 18.0 Å². The van der Waals surface area contributed by atoms with Crippen molar-refractivity contribution in [3.8, 4) is 6.07 Å². The van der Waals surface area contributed by atoms with Crippen LogP contribution in [0.2, 0.25) is 0 Å². The molecule has 0 radical (unpaired) electrons. The lowest BCUT2D eigenvalue weighted by atomic mass is 10.2. The monoisotopic (exact) mass is 260 g/mol. The number of nitrogens with one attached hydrogen (secondary N) is 1. The molecule has 0 aromatic heterocycles. The summed E-state index contributed by atoms with van der Waals surface area (Å²) in [5, 5.41) is 10.8. The molecular formula is C10H7F3N2OS. The first-order chi connectivity index (χ1) is 7.90. The highest BCUT2D eigenvalue weighted by molar-refractivity contribution is 8.00. The zero-order valence-electron chi connectivity index (χ0n) is 8.41. The third-order valence-electron chi connectivity index (χ3n) is 1.66. The number of benzene rings is 1. The number of amides is 1. The van der Waals surface area contributed by atoms with Crippen LogP contribution in [0.3, 0.4) is 0 Å². The summed E-state index contributed by atoms with van der Waals surface area (Å²) >= 11 is -0.396. The van der Waals surface area contributed by atoms with Crippen LogP contribution in [0.1, 0.15) is 5.56 Å². The SMILES string of the molecule is N#Cc1ccc(NC(=O)CSC(F)(F)F)cc1. The Morgan fingerprint density at radius 1 is 1.35 bits per heavy atom. The van der Waals surface area contributed by atoms with Gasteiger partial charge in [0.1, 0.15) is 0 Å². The fourth-order valence-electron chi connectivity index (χ4n) is 0.973. The van der Waals surface area contributed by atoms with Crippen LogP contribution in [0, 0.1) is 11.3 Å². The topological polar surface area (TPSA) is 52.9 Å². The molecule has 1 amide bonds. The van der Waals surface area contributed by atoms with E-state index in [9.17, 15) is 18.0 Å². The highest BCUT2D eigenvalue weighted by atomic mass is 32.2. The number of nitriles is 1. The Morgan fingerprint density at radius 2 is 1.94 bits per heavy atom. The maximum absolute atomic E-state index is 11.8. The minimum Gasteiger partial charge on any atom is -0.325 e. The quantitative estimate of drug-likeness (QED) is 0.909. The molecule has 0 spiro atoms. The summed E-state index contributed by atoms with van der Waals surface area (Å²) in [5.74, 6) is -1.43. The second kappa shape index (κ2) is 5.59. The standard InChI is InChI=1S/C10H7F3N2OS/c11-10(12,13)17-6-9(16)15-8-3-1-7(5-14)2-4-8/h1-4H,6H2,(H,15,16). The van der Waals surface area contributed by atoms with Gasteiger partial charge in [-0.15, -0.1) is 0 Å². The Hall–Kier alpha value is -1.68. The van der Waals surface area contributed by atoms with Gasteiger partial charge in [0.2, 0.25) is 5.91 Å². The molecule has 0 fully saturated rings. The number of alkyl halides is 3. The average molecular weight is 260 g/mol. The number of nitrogens with zero attached hydrogens (tertiary/aromatic N) is 1. The van der Waals surface area contributed by atoms with Crippen molar-refractivity contribution in [2.75, 3.05) is 11.1 Å². The fraction of sp³-hybridized carbons (Fsp3) is 0.200. The average Bonchev–Trinajstić information content (AvgIpc) is 2.27. The maximum atomic E-state index is 11.8. The van der Waals surface area contributed by atoms with Crippen LogP contribution in [0.15, 0.2) is 24.3 Å². The third kappa shape index (κ3) is 5.26. The molecule has 0 saturated heterocycles. The van der Waals surface area contributed by atoms with Crippen LogP contribution < -0.4 is 5.32 Å². The molecule has 0 saturated carbocycles.